The number of nitrogens with one attached hydrogen (secondary N) is 1. The van der Waals surface area contributed by atoms with Crippen molar-refractivity contribution in [1.29, 1.82) is 0 Å². The Morgan fingerprint density at radius 2 is 2.00 bits per heavy atom. The molecule has 0 bridgehead atoms. The quantitative estimate of drug-likeness (QED) is 0.590. The summed E-state index contributed by atoms with van der Waals surface area (Å²) in [6.07, 6.45) is 0. The number of H-pyrrole nitrogens is 1. The molecule has 0 saturated heterocycles. The van der Waals surface area contributed by atoms with E-state index in [1.165, 1.54) is 12.1 Å². The van der Waals surface area contributed by atoms with Crippen LogP contribution in [0.15, 0.2) is 40.9 Å². The van der Waals surface area contributed by atoms with E-state index in [0.717, 1.165) is 15.7 Å². The molecule has 19 heavy (non-hydrogen) atoms. The second-order valence-electron chi connectivity index (χ2n) is 4.02. The van der Waals surface area contributed by atoms with Crippen molar-refractivity contribution in [3.05, 3.63) is 56.5 Å². The van der Waals surface area contributed by atoms with Gasteiger partial charge in [0, 0.05) is 15.6 Å². The highest BCUT2D eigenvalue weighted by Crippen LogP contribution is 2.28. The zero-order chi connectivity index (χ0) is 13.6. The summed E-state index contributed by atoms with van der Waals surface area (Å²) < 4.78 is 16.5. The third-order valence-corrected chi connectivity index (χ3v) is 3.95. The summed E-state index contributed by atoms with van der Waals surface area (Å²) in [5, 5.41) is 0.619. The van der Waals surface area contributed by atoms with Crippen molar-refractivity contribution in [2.24, 2.45) is 0 Å². The summed E-state index contributed by atoms with van der Waals surface area (Å²) in [7, 11) is 0. The molecule has 3 aromatic rings. The van der Waals surface area contributed by atoms with E-state index in [-0.39, 0.29) is 5.82 Å². The van der Waals surface area contributed by atoms with Gasteiger partial charge in [-0.3, -0.25) is 4.57 Å². The van der Waals surface area contributed by atoms with Gasteiger partial charge in [0.05, 0.1) is 16.7 Å². The SMILES string of the molecule is Fc1ccc2[nH]c(=S)n(-c3ccc(Cl)cc3Br)c2c1. The molecule has 0 unspecified atom stereocenters. The van der Waals surface area contributed by atoms with Crippen LogP contribution >= 0.6 is 39.7 Å². The second-order valence-corrected chi connectivity index (χ2v) is 5.70. The Balaban J connectivity index is 2.38. The van der Waals surface area contributed by atoms with Crippen LogP contribution in [0.2, 0.25) is 5.02 Å². The van der Waals surface area contributed by atoms with Gasteiger partial charge in [-0.05, 0) is 58.5 Å². The third-order valence-electron chi connectivity index (χ3n) is 2.80. The second kappa shape index (κ2) is 4.74. The van der Waals surface area contributed by atoms with Crippen LogP contribution in [-0.4, -0.2) is 9.55 Å². The molecule has 0 aliphatic heterocycles. The number of rotatable bonds is 1. The molecule has 6 heteroatoms. The van der Waals surface area contributed by atoms with Crippen molar-refractivity contribution in [1.82, 2.24) is 9.55 Å². The summed E-state index contributed by atoms with van der Waals surface area (Å²) in [4.78, 5) is 3.05. The van der Waals surface area contributed by atoms with Crippen molar-refractivity contribution < 1.29 is 4.39 Å². The molecular weight excluding hydrogens is 351 g/mol. The summed E-state index contributed by atoms with van der Waals surface area (Å²) in [5.74, 6) is -0.305. The van der Waals surface area contributed by atoms with E-state index >= 15 is 0 Å². The lowest BCUT2D eigenvalue weighted by Crippen LogP contribution is -1.95. The molecule has 1 N–H and O–H groups in total. The van der Waals surface area contributed by atoms with E-state index in [0.29, 0.717) is 15.3 Å². The summed E-state index contributed by atoms with van der Waals surface area (Å²) in [6, 6.07) is 9.89. The number of hydrogen-bond acceptors (Lipinski definition) is 1. The van der Waals surface area contributed by atoms with Crippen LogP contribution in [0.3, 0.4) is 0 Å². The van der Waals surface area contributed by atoms with Gasteiger partial charge in [0.1, 0.15) is 5.82 Å². The zero-order valence-electron chi connectivity index (χ0n) is 9.45. The van der Waals surface area contributed by atoms with Gasteiger partial charge in [0.2, 0.25) is 0 Å². The Kier molecular flexibility index (Phi) is 3.20. The van der Waals surface area contributed by atoms with Crippen molar-refractivity contribution in [3.8, 4) is 5.69 Å². The average Bonchev–Trinajstić information content (AvgIpc) is 2.65. The number of fused-ring (bicyclic) bond motifs is 1. The maximum Gasteiger partial charge on any atom is 0.182 e. The maximum atomic E-state index is 13.4. The normalized spacial score (nSPS) is 11.1. The lowest BCUT2D eigenvalue weighted by atomic mass is 10.2. The highest BCUT2D eigenvalue weighted by molar-refractivity contribution is 9.10. The predicted molar refractivity (Wildman–Crippen MR) is 81.1 cm³/mol. The van der Waals surface area contributed by atoms with Crippen LogP contribution in [0.25, 0.3) is 16.7 Å². The fourth-order valence-electron chi connectivity index (χ4n) is 1.98. The first kappa shape index (κ1) is 12.8. The summed E-state index contributed by atoms with van der Waals surface area (Å²) >= 11 is 14.7. The summed E-state index contributed by atoms with van der Waals surface area (Å²) in [5.41, 5.74) is 2.28. The Morgan fingerprint density at radius 1 is 1.21 bits per heavy atom. The van der Waals surface area contributed by atoms with Crippen LogP contribution in [0.1, 0.15) is 0 Å². The number of halogens is 3. The minimum atomic E-state index is -0.305. The van der Waals surface area contributed by atoms with E-state index < -0.39 is 0 Å². The fraction of sp³-hybridized carbons (Fsp3) is 0. The Morgan fingerprint density at radius 3 is 2.74 bits per heavy atom. The monoisotopic (exact) mass is 356 g/mol. The van der Waals surface area contributed by atoms with E-state index in [1.54, 1.807) is 22.8 Å². The van der Waals surface area contributed by atoms with E-state index in [9.17, 15) is 4.39 Å². The standard InChI is InChI=1S/C13H7BrClFN2S/c14-9-5-7(15)1-4-11(9)18-12-6-8(16)2-3-10(12)17-13(18)19/h1-6H,(H,17,19). The minimum absolute atomic E-state index is 0.305. The van der Waals surface area contributed by atoms with Crippen molar-refractivity contribution in [2.75, 3.05) is 0 Å². The molecule has 1 aromatic heterocycles. The Labute approximate surface area is 127 Å². The number of aromatic nitrogens is 2. The Bertz CT molecular complexity index is 840. The molecule has 1 heterocycles. The lowest BCUT2D eigenvalue weighted by molar-refractivity contribution is 0.629. The van der Waals surface area contributed by atoms with Crippen LogP contribution in [0.5, 0.6) is 0 Å². The predicted octanol–water partition coefficient (Wildman–Crippen LogP) is 5.24. The van der Waals surface area contributed by atoms with Crippen molar-refractivity contribution in [2.45, 2.75) is 0 Å². The highest BCUT2D eigenvalue weighted by atomic mass is 79.9. The third kappa shape index (κ3) is 2.22. The van der Waals surface area contributed by atoms with Crippen LogP contribution in [0, 0.1) is 10.6 Å². The van der Waals surface area contributed by atoms with Crippen LogP contribution in [-0.2, 0) is 0 Å². The first-order valence-electron chi connectivity index (χ1n) is 5.42. The van der Waals surface area contributed by atoms with Gasteiger partial charge >= 0.3 is 0 Å². The van der Waals surface area contributed by atoms with E-state index in [4.69, 9.17) is 23.8 Å². The fourth-order valence-corrected chi connectivity index (χ4v) is 3.14. The smallest absolute Gasteiger partial charge is 0.182 e. The number of aromatic amines is 1. The van der Waals surface area contributed by atoms with Crippen LogP contribution < -0.4 is 0 Å². The molecule has 0 spiro atoms. The molecule has 0 fully saturated rings. The van der Waals surface area contributed by atoms with E-state index in [1.807, 2.05) is 6.07 Å². The van der Waals surface area contributed by atoms with Gasteiger partial charge in [-0.25, -0.2) is 4.39 Å². The van der Waals surface area contributed by atoms with Gasteiger partial charge in [0.15, 0.2) is 4.77 Å². The Hall–Kier alpha value is -1.17. The molecule has 0 atom stereocenters. The topological polar surface area (TPSA) is 20.7 Å². The highest BCUT2D eigenvalue weighted by Gasteiger charge is 2.10. The maximum absolute atomic E-state index is 13.4. The lowest BCUT2D eigenvalue weighted by Gasteiger charge is -2.07. The molecule has 3 rings (SSSR count). The van der Waals surface area contributed by atoms with Gasteiger partial charge in [-0.15, -0.1) is 0 Å². The molecule has 2 aromatic carbocycles. The number of imidazole rings is 1. The van der Waals surface area contributed by atoms with Crippen LogP contribution in [0.4, 0.5) is 4.39 Å². The first-order chi connectivity index (χ1) is 9.06. The summed E-state index contributed by atoms with van der Waals surface area (Å²) in [6.45, 7) is 0. The zero-order valence-corrected chi connectivity index (χ0v) is 12.6. The largest absolute Gasteiger partial charge is 0.330 e. The molecular formula is C13H7BrClFN2S. The number of nitrogens with zero attached hydrogens (tertiary/aromatic N) is 1. The average molecular weight is 358 g/mol. The van der Waals surface area contributed by atoms with Crippen molar-refractivity contribution >= 4 is 50.8 Å². The van der Waals surface area contributed by atoms with Gasteiger partial charge < -0.3 is 4.98 Å². The molecule has 0 aliphatic carbocycles. The minimum Gasteiger partial charge on any atom is -0.330 e. The molecule has 0 saturated carbocycles. The molecule has 0 amide bonds. The van der Waals surface area contributed by atoms with Gasteiger partial charge in [-0.2, -0.15) is 0 Å². The van der Waals surface area contributed by atoms with Gasteiger partial charge in [0.25, 0.3) is 0 Å². The molecule has 0 radical (unpaired) electrons. The molecule has 96 valence electrons. The van der Waals surface area contributed by atoms with E-state index in [2.05, 4.69) is 20.9 Å². The van der Waals surface area contributed by atoms with Crippen molar-refractivity contribution in [3.63, 3.8) is 0 Å². The number of hydrogen-bond donors (Lipinski definition) is 1. The van der Waals surface area contributed by atoms with Gasteiger partial charge in [-0.1, -0.05) is 11.6 Å². The molecule has 2 nitrogen and oxygen atoms in total. The number of benzene rings is 2. The first-order valence-corrected chi connectivity index (χ1v) is 7.00. The molecule has 0 aliphatic rings.